The van der Waals surface area contributed by atoms with Gasteiger partial charge in [-0.2, -0.15) is 5.26 Å². The monoisotopic (exact) mass is 461 g/mol. The van der Waals surface area contributed by atoms with Crippen molar-refractivity contribution in [3.63, 3.8) is 0 Å². The van der Waals surface area contributed by atoms with Gasteiger partial charge in [-0.3, -0.25) is 4.79 Å². The number of hydrogen-bond donors (Lipinski definition) is 1. The molecule has 8 heteroatoms. The van der Waals surface area contributed by atoms with E-state index in [1.54, 1.807) is 48.4 Å². The summed E-state index contributed by atoms with van der Waals surface area (Å²) < 4.78 is 12.4. The molecule has 0 spiro atoms. The molecular weight excluding hydrogens is 442 g/mol. The Morgan fingerprint density at radius 1 is 1.09 bits per heavy atom. The van der Waals surface area contributed by atoms with Gasteiger partial charge in [0, 0.05) is 17.0 Å². The van der Waals surface area contributed by atoms with Crippen molar-refractivity contribution in [2.75, 3.05) is 19.5 Å². The van der Waals surface area contributed by atoms with Crippen molar-refractivity contribution in [3.05, 3.63) is 77.4 Å². The average molecular weight is 462 g/mol. The topological polar surface area (TPSA) is 84.2 Å². The molecular formula is C24H19N3O3S2. The van der Waals surface area contributed by atoms with Crippen LogP contribution in [0.1, 0.15) is 21.5 Å². The maximum absolute atomic E-state index is 12.7. The van der Waals surface area contributed by atoms with Crippen molar-refractivity contribution in [1.29, 1.82) is 5.26 Å². The van der Waals surface area contributed by atoms with Gasteiger partial charge in [-0.1, -0.05) is 30.0 Å². The molecule has 32 heavy (non-hydrogen) atoms. The van der Waals surface area contributed by atoms with Gasteiger partial charge in [0.1, 0.15) is 0 Å². The minimum atomic E-state index is -0.238. The van der Waals surface area contributed by atoms with Crippen molar-refractivity contribution in [1.82, 2.24) is 4.98 Å². The van der Waals surface area contributed by atoms with E-state index in [2.05, 4.69) is 16.4 Å². The van der Waals surface area contributed by atoms with Crippen molar-refractivity contribution < 1.29 is 14.3 Å². The highest BCUT2D eigenvalue weighted by Gasteiger charge is 2.13. The molecule has 6 nitrogen and oxygen atoms in total. The van der Waals surface area contributed by atoms with Crippen molar-refractivity contribution >= 4 is 44.9 Å². The number of thioether (sulfide) groups is 1. The summed E-state index contributed by atoms with van der Waals surface area (Å²) in [6.07, 6.45) is 0. The standard InChI is InChI=1S/C24H19N3O3S2/c1-29-20-10-7-15(11-21(20)30-2)23(28)26-18-8-9-19-22(12-18)32-24(27-19)31-14-17-6-4-3-5-16(17)13-25/h3-12H,14H2,1-2H3,(H,26,28). The molecule has 0 fully saturated rings. The molecule has 0 atom stereocenters. The second-order valence-corrected chi connectivity index (χ2v) is 9.00. The van der Waals surface area contributed by atoms with E-state index in [1.807, 2.05) is 42.5 Å². The summed E-state index contributed by atoms with van der Waals surface area (Å²) >= 11 is 3.16. The Morgan fingerprint density at radius 2 is 1.91 bits per heavy atom. The number of anilines is 1. The molecule has 1 heterocycles. The molecule has 0 aliphatic rings. The minimum Gasteiger partial charge on any atom is -0.493 e. The Bertz CT molecular complexity index is 1330. The number of fused-ring (bicyclic) bond motifs is 1. The Kier molecular flexibility index (Phi) is 6.59. The van der Waals surface area contributed by atoms with Gasteiger partial charge in [0.2, 0.25) is 0 Å². The third kappa shape index (κ3) is 4.69. The maximum Gasteiger partial charge on any atom is 0.255 e. The number of rotatable bonds is 7. The summed E-state index contributed by atoms with van der Waals surface area (Å²) in [7, 11) is 3.09. The molecule has 1 amide bonds. The first-order valence-electron chi connectivity index (χ1n) is 9.66. The second kappa shape index (κ2) is 9.73. The predicted octanol–water partition coefficient (Wildman–Crippen LogP) is 5.73. The zero-order valence-corrected chi connectivity index (χ0v) is 19.0. The SMILES string of the molecule is COc1ccc(C(=O)Nc2ccc3nc(SCc4ccccc4C#N)sc3c2)cc1OC. The van der Waals surface area contributed by atoms with Crippen molar-refractivity contribution in [3.8, 4) is 17.6 Å². The van der Waals surface area contributed by atoms with E-state index in [0.29, 0.717) is 34.1 Å². The normalized spacial score (nSPS) is 10.5. The minimum absolute atomic E-state index is 0.238. The van der Waals surface area contributed by atoms with E-state index in [1.165, 1.54) is 7.11 Å². The lowest BCUT2D eigenvalue weighted by molar-refractivity contribution is 0.102. The van der Waals surface area contributed by atoms with Gasteiger partial charge in [-0.25, -0.2) is 4.98 Å². The van der Waals surface area contributed by atoms with Gasteiger partial charge in [-0.15, -0.1) is 11.3 Å². The summed E-state index contributed by atoms with van der Waals surface area (Å²) in [4.78, 5) is 17.4. The predicted molar refractivity (Wildman–Crippen MR) is 128 cm³/mol. The largest absolute Gasteiger partial charge is 0.493 e. The molecule has 1 N–H and O–H groups in total. The molecule has 4 rings (SSSR count). The zero-order valence-electron chi connectivity index (χ0n) is 17.4. The summed E-state index contributed by atoms with van der Waals surface area (Å²) in [5, 5.41) is 12.2. The van der Waals surface area contributed by atoms with Crippen LogP contribution in [0, 0.1) is 11.3 Å². The number of amides is 1. The lowest BCUT2D eigenvalue weighted by atomic mass is 10.1. The Morgan fingerprint density at radius 3 is 2.69 bits per heavy atom. The van der Waals surface area contributed by atoms with Crippen molar-refractivity contribution in [2.24, 2.45) is 0 Å². The van der Waals surface area contributed by atoms with Crippen LogP contribution >= 0.6 is 23.1 Å². The number of nitriles is 1. The summed E-state index contributed by atoms with van der Waals surface area (Å²) in [5.41, 5.74) is 3.70. The number of benzene rings is 3. The van der Waals surface area contributed by atoms with Crippen LogP contribution in [0.5, 0.6) is 11.5 Å². The van der Waals surface area contributed by atoms with Gasteiger partial charge in [0.05, 0.1) is 36.1 Å². The highest BCUT2D eigenvalue weighted by molar-refractivity contribution is 8.00. The third-order valence-corrected chi connectivity index (χ3v) is 6.97. The number of carbonyl (C=O) groups is 1. The summed E-state index contributed by atoms with van der Waals surface area (Å²) in [6.45, 7) is 0. The van der Waals surface area contributed by atoms with E-state index in [0.717, 1.165) is 20.1 Å². The van der Waals surface area contributed by atoms with Crippen LogP contribution in [0.4, 0.5) is 5.69 Å². The van der Waals surface area contributed by atoms with Crippen molar-refractivity contribution in [2.45, 2.75) is 10.1 Å². The highest BCUT2D eigenvalue weighted by Crippen LogP contribution is 2.34. The average Bonchev–Trinajstić information content (AvgIpc) is 3.24. The maximum atomic E-state index is 12.7. The van der Waals surface area contributed by atoms with Gasteiger partial charge in [-0.05, 0) is 48.0 Å². The molecule has 0 saturated heterocycles. The van der Waals surface area contributed by atoms with Crippen LogP contribution in [-0.4, -0.2) is 25.1 Å². The van der Waals surface area contributed by atoms with Crippen LogP contribution < -0.4 is 14.8 Å². The molecule has 0 aliphatic heterocycles. The number of carbonyl (C=O) groups excluding carboxylic acids is 1. The van der Waals surface area contributed by atoms with Crippen LogP contribution in [0.3, 0.4) is 0 Å². The van der Waals surface area contributed by atoms with Gasteiger partial charge >= 0.3 is 0 Å². The molecule has 0 saturated carbocycles. The number of aromatic nitrogens is 1. The third-order valence-electron chi connectivity index (χ3n) is 4.76. The van der Waals surface area contributed by atoms with E-state index in [-0.39, 0.29) is 5.91 Å². The Hall–Kier alpha value is -3.54. The number of thiazole rings is 1. The summed E-state index contributed by atoms with van der Waals surface area (Å²) in [6, 6.07) is 20.5. The molecule has 0 unspecified atom stereocenters. The van der Waals surface area contributed by atoms with E-state index in [4.69, 9.17) is 9.47 Å². The first kappa shape index (κ1) is 21.7. The summed E-state index contributed by atoms with van der Waals surface area (Å²) in [5.74, 6) is 1.50. The smallest absolute Gasteiger partial charge is 0.255 e. The first-order valence-corrected chi connectivity index (χ1v) is 11.5. The van der Waals surface area contributed by atoms with Gasteiger partial charge < -0.3 is 14.8 Å². The Labute approximate surface area is 193 Å². The quantitative estimate of drug-likeness (QED) is 0.354. The number of hydrogen-bond acceptors (Lipinski definition) is 7. The molecule has 0 bridgehead atoms. The molecule has 1 aromatic heterocycles. The fourth-order valence-electron chi connectivity index (χ4n) is 3.12. The molecule has 160 valence electrons. The van der Waals surface area contributed by atoms with E-state index in [9.17, 15) is 10.1 Å². The lowest BCUT2D eigenvalue weighted by Gasteiger charge is -2.10. The second-order valence-electron chi connectivity index (χ2n) is 6.74. The molecule has 0 aliphatic carbocycles. The first-order chi connectivity index (χ1) is 15.6. The Balaban J connectivity index is 1.48. The number of methoxy groups -OCH3 is 2. The number of nitrogens with zero attached hydrogens (tertiary/aromatic N) is 2. The van der Waals surface area contributed by atoms with Crippen LogP contribution in [0.15, 0.2) is 65.0 Å². The number of ether oxygens (including phenoxy) is 2. The van der Waals surface area contributed by atoms with E-state index < -0.39 is 0 Å². The van der Waals surface area contributed by atoms with Gasteiger partial charge in [0.15, 0.2) is 15.8 Å². The van der Waals surface area contributed by atoms with Crippen LogP contribution in [0.25, 0.3) is 10.2 Å². The van der Waals surface area contributed by atoms with Crippen LogP contribution in [-0.2, 0) is 5.75 Å². The number of nitrogens with one attached hydrogen (secondary N) is 1. The molecule has 3 aromatic carbocycles. The molecule has 0 radical (unpaired) electrons. The fourth-order valence-corrected chi connectivity index (χ4v) is 5.23. The highest BCUT2D eigenvalue weighted by atomic mass is 32.2. The zero-order chi connectivity index (χ0) is 22.5. The van der Waals surface area contributed by atoms with Crippen LogP contribution in [0.2, 0.25) is 0 Å². The van der Waals surface area contributed by atoms with Gasteiger partial charge in [0.25, 0.3) is 5.91 Å². The molecule has 4 aromatic rings. The fraction of sp³-hybridized carbons (Fsp3) is 0.125. The lowest BCUT2D eigenvalue weighted by Crippen LogP contribution is -2.12. The van der Waals surface area contributed by atoms with E-state index >= 15 is 0 Å².